The van der Waals surface area contributed by atoms with E-state index in [1.54, 1.807) is 0 Å². The zero-order valence-corrected chi connectivity index (χ0v) is 13.9. The van der Waals surface area contributed by atoms with Gasteiger partial charge in [-0.2, -0.15) is 0 Å². The van der Waals surface area contributed by atoms with Crippen LogP contribution in [0.2, 0.25) is 0 Å². The number of rotatable bonds is 6. The van der Waals surface area contributed by atoms with Gasteiger partial charge in [0.05, 0.1) is 0 Å². The molecule has 4 heteroatoms. The highest BCUT2D eigenvalue weighted by atomic mass is 16.5. The largest absolute Gasteiger partial charge is 0.381 e. The molecule has 1 atom stereocenters. The van der Waals surface area contributed by atoms with Crippen LogP contribution in [0.4, 0.5) is 0 Å². The number of amides is 1. The van der Waals surface area contributed by atoms with Crippen LogP contribution in [0.5, 0.6) is 0 Å². The van der Waals surface area contributed by atoms with Crippen molar-refractivity contribution in [1.29, 1.82) is 0 Å². The maximum atomic E-state index is 11.9. The molecule has 1 aliphatic carbocycles. The van der Waals surface area contributed by atoms with E-state index in [9.17, 15) is 4.79 Å². The van der Waals surface area contributed by atoms with Crippen molar-refractivity contribution in [2.45, 2.75) is 63.8 Å². The third kappa shape index (κ3) is 4.69. The first-order valence-electron chi connectivity index (χ1n) is 9.40. The van der Waals surface area contributed by atoms with Crippen LogP contribution in [-0.2, 0) is 9.53 Å². The van der Waals surface area contributed by atoms with Crippen LogP contribution in [-0.4, -0.2) is 49.7 Å². The summed E-state index contributed by atoms with van der Waals surface area (Å²) in [6.45, 7) is 5.02. The third-order valence-electron chi connectivity index (χ3n) is 5.86. The Morgan fingerprint density at radius 1 is 1.05 bits per heavy atom. The molecule has 3 fully saturated rings. The number of hydrogen-bond acceptors (Lipinski definition) is 3. The highest BCUT2D eigenvalue weighted by molar-refractivity contribution is 5.76. The van der Waals surface area contributed by atoms with Crippen molar-refractivity contribution in [2.75, 3.05) is 32.8 Å². The summed E-state index contributed by atoms with van der Waals surface area (Å²) in [6.07, 6.45) is 11.2. The Balaban J connectivity index is 1.26. The van der Waals surface area contributed by atoms with Gasteiger partial charge in [0.25, 0.3) is 0 Å². The second-order valence-corrected chi connectivity index (χ2v) is 7.49. The maximum Gasteiger partial charge on any atom is 0.220 e. The molecule has 0 bridgehead atoms. The second kappa shape index (κ2) is 8.30. The Morgan fingerprint density at radius 2 is 1.82 bits per heavy atom. The fourth-order valence-corrected chi connectivity index (χ4v) is 4.37. The molecule has 1 amide bonds. The van der Waals surface area contributed by atoms with E-state index in [-0.39, 0.29) is 5.91 Å². The van der Waals surface area contributed by atoms with Crippen LogP contribution in [0.15, 0.2) is 0 Å². The van der Waals surface area contributed by atoms with Crippen molar-refractivity contribution in [3.8, 4) is 0 Å². The van der Waals surface area contributed by atoms with Gasteiger partial charge in [0.1, 0.15) is 0 Å². The first kappa shape index (κ1) is 16.3. The Kier molecular flexibility index (Phi) is 6.13. The van der Waals surface area contributed by atoms with Crippen LogP contribution < -0.4 is 5.32 Å². The number of nitrogens with zero attached hydrogens (tertiary/aromatic N) is 1. The fourth-order valence-electron chi connectivity index (χ4n) is 4.37. The van der Waals surface area contributed by atoms with E-state index in [4.69, 9.17) is 4.74 Å². The van der Waals surface area contributed by atoms with Gasteiger partial charge in [0, 0.05) is 32.2 Å². The Bertz CT molecular complexity index is 341. The molecule has 2 heterocycles. The highest BCUT2D eigenvalue weighted by Gasteiger charge is 2.27. The fraction of sp³-hybridized carbons (Fsp3) is 0.944. The van der Waals surface area contributed by atoms with Gasteiger partial charge < -0.3 is 15.0 Å². The average Bonchev–Trinajstić information content (AvgIpc) is 3.21. The lowest BCUT2D eigenvalue weighted by Gasteiger charge is -2.36. The minimum Gasteiger partial charge on any atom is -0.381 e. The first-order chi connectivity index (χ1) is 10.8. The number of nitrogens with one attached hydrogen (secondary N) is 1. The van der Waals surface area contributed by atoms with Crippen molar-refractivity contribution >= 4 is 5.91 Å². The Morgan fingerprint density at radius 3 is 2.50 bits per heavy atom. The third-order valence-corrected chi connectivity index (χ3v) is 5.86. The number of carbonyl (C=O) groups excluding carboxylic acids is 1. The molecule has 0 aromatic heterocycles. The molecular weight excluding hydrogens is 276 g/mol. The molecule has 1 unspecified atom stereocenters. The molecule has 0 spiro atoms. The van der Waals surface area contributed by atoms with E-state index in [2.05, 4.69) is 10.2 Å². The molecule has 126 valence electrons. The maximum absolute atomic E-state index is 11.9. The average molecular weight is 308 g/mol. The normalized spacial score (nSPS) is 28.3. The van der Waals surface area contributed by atoms with E-state index in [0.717, 1.165) is 44.6 Å². The van der Waals surface area contributed by atoms with Crippen LogP contribution in [0.25, 0.3) is 0 Å². The summed E-state index contributed by atoms with van der Waals surface area (Å²) in [5.41, 5.74) is 0. The molecule has 0 radical (unpaired) electrons. The van der Waals surface area contributed by atoms with E-state index in [1.165, 1.54) is 51.6 Å². The molecule has 22 heavy (non-hydrogen) atoms. The lowest BCUT2D eigenvalue weighted by atomic mass is 9.92. The number of carbonyl (C=O) groups is 1. The number of ether oxygens (including phenoxy) is 1. The van der Waals surface area contributed by atoms with Gasteiger partial charge in [-0.15, -0.1) is 0 Å². The molecule has 3 aliphatic rings. The quantitative estimate of drug-likeness (QED) is 0.820. The first-order valence-corrected chi connectivity index (χ1v) is 9.40. The van der Waals surface area contributed by atoms with Crippen molar-refractivity contribution < 1.29 is 9.53 Å². The van der Waals surface area contributed by atoms with Gasteiger partial charge in [-0.25, -0.2) is 0 Å². The Labute approximate surface area is 135 Å². The minimum absolute atomic E-state index is 0.221. The summed E-state index contributed by atoms with van der Waals surface area (Å²) in [5.74, 6) is 1.49. The molecule has 3 rings (SSSR count). The van der Waals surface area contributed by atoms with E-state index in [1.807, 2.05) is 0 Å². The van der Waals surface area contributed by atoms with E-state index >= 15 is 0 Å². The van der Waals surface area contributed by atoms with Crippen LogP contribution in [0.3, 0.4) is 0 Å². The van der Waals surface area contributed by atoms with E-state index < -0.39 is 0 Å². The highest BCUT2D eigenvalue weighted by Crippen LogP contribution is 2.28. The zero-order chi connectivity index (χ0) is 15.2. The van der Waals surface area contributed by atoms with Gasteiger partial charge in [-0.05, 0) is 63.5 Å². The zero-order valence-electron chi connectivity index (χ0n) is 13.9. The second-order valence-electron chi connectivity index (χ2n) is 7.49. The van der Waals surface area contributed by atoms with E-state index in [0.29, 0.717) is 12.3 Å². The summed E-state index contributed by atoms with van der Waals surface area (Å²) >= 11 is 0. The predicted molar refractivity (Wildman–Crippen MR) is 87.7 cm³/mol. The van der Waals surface area contributed by atoms with Crippen molar-refractivity contribution in [2.24, 2.45) is 11.8 Å². The van der Waals surface area contributed by atoms with Crippen LogP contribution in [0.1, 0.15) is 57.8 Å². The van der Waals surface area contributed by atoms with Crippen LogP contribution in [0, 0.1) is 11.8 Å². The summed E-state index contributed by atoms with van der Waals surface area (Å²) in [4.78, 5) is 14.6. The standard InChI is InChI=1S/C18H32N2O2/c21-18(13-16-8-12-22-14-16)19-9-5-15-6-10-20(11-7-15)17-3-1-2-4-17/h15-17H,1-14H2,(H,19,21). The van der Waals surface area contributed by atoms with Crippen molar-refractivity contribution in [3.05, 3.63) is 0 Å². The predicted octanol–water partition coefficient (Wildman–Crippen LogP) is 2.57. The van der Waals surface area contributed by atoms with Crippen molar-refractivity contribution in [1.82, 2.24) is 10.2 Å². The number of hydrogen-bond donors (Lipinski definition) is 1. The lowest BCUT2D eigenvalue weighted by molar-refractivity contribution is -0.122. The van der Waals surface area contributed by atoms with Gasteiger partial charge in [0.15, 0.2) is 0 Å². The smallest absolute Gasteiger partial charge is 0.220 e. The molecule has 2 saturated heterocycles. The van der Waals surface area contributed by atoms with Gasteiger partial charge in [-0.1, -0.05) is 12.8 Å². The van der Waals surface area contributed by atoms with Gasteiger partial charge in [0.2, 0.25) is 5.91 Å². The summed E-state index contributed by atoms with van der Waals surface area (Å²) in [5, 5.41) is 3.12. The van der Waals surface area contributed by atoms with Gasteiger partial charge >= 0.3 is 0 Å². The molecular formula is C18H32N2O2. The number of piperidine rings is 1. The SMILES string of the molecule is O=C(CC1CCOC1)NCCC1CCN(C2CCCC2)CC1. The minimum atomic E-state index is 0.221. The lowest BCUT2D eigenvalue weighted by Crippen LogP contribution is -2.40. The van der Waals surface area contributed by atoms with Crippen LogP contribution >= 0.6 is 0 Å². The van der Waals surface area contributed by atoms with Crippen molar-refractivity contribution in [3.63, 3.8) is 0 Å². The Hall–Kier alpha value is -0.610. The van der Waals surface area contributed by atoms with Gasteiger partial charge in [-0.3, -0.25) is 4.79 Å². The molecule has 0 aromatic rings. The molecule has 2 aliphatic heterocycles. The molecule has 1 N–H and O–H groups in total. The summed E-state index contributed by atoms with van der Waals surface area (Å²) < 4.78 is 5.33. The summed E-state index contributed by atoms with van der Waals surface area (Å²) in [6, 6.07) is 0.884. The topological polar surface area (TPSA) is 41.6 Å². The molecule has 0 aromatic carbocycles. The summed E-state index contributed by atoms with van der Waals surface area (Å²) in [7, 11) is 0. The monoisotopic (exact) mass is 308 g/mol. The molecule has 1 saturated carbocycles. The number of likely N-dealkylation sites (tertiary alicyclic amines) is 1. The molecule has 4 nitrogen and oxygen atoms in total.